The van der Waals surface area contributed by atoms with Crippen molar-refractivity contribution in [2.45, 2.75) is 25.4 Å². The van der Waals surface area contributed by atoms with Crippen molar-refractivity contribution in [1.29, 1.82) is 0 Å². The maximum absolute atomic E-state index is 9.43. The quantitative estimate of drug-likeness (QED) is 0.794. The first-order valence-corrected chi connectivity index (χ1v) is 6.27. The molecule has 0 bridgehead atoms. The number of hydrogen-bond donors (Lipinski definition) is 3. The fraction of sp³-hybridized carbons (Fsp3) is 0.545. The van der Waals surface area contributed by atoms with Gasteiger partial charge in [-0.2, -0.15) is 0 Å². The van der Waals surface area contributed by atoms with E-state index in [0.29, 0.717) is 11.6 Å². The third-order valence-electron chi connectivity index (χ3n) is 3.01. The first kappa shape index (κ1) is 11.7. The highest BCUT2D eigenvalue weighted by Gasteiger charge is 2.22. The molecular formula is C11H16BrN3O. The van der Waals surface area contributed by atoms with Crippen LogP contribution in [0.15, 0.2) is 16.9 Å². The van der Waals surface area contributed by atoms with E-state index in [9.17, 15) is 5.11 Å². The third kappa shape index (κ3) is 2.65. The molecule has 1 fully saturated rings. The van der Waals surface area contributed by atoms with E-state index in [1.165, 1.54) is 0 Å². The highest BCUT2D eigenvalue weighted by atomic mass is 79.9. The summed E-state index contributed by atoms with van der Waals surface area (Å²) in [5.74, 6) is 0.537. The molecule has 0 saturated heterocycles. The third-order valence-corrected chi connectivity index (χ3v) is 3.61. The first-order chi connectivity index (χ1) is 7.66. The summed E-state index contributed by atoms with van der Waals surface area (Å²) < 4.78 is 0.881. The van der Waals surface area contributed by atoms with E-state index < -0.39 is 0 Å². The predicted molar refractivity (Wildman–Crippen MR) is 68.2 cm³/mol. The summed E-state index contributed by atoms with van der Waals surface area (Å²) in [6, 6.07) is 0. The van der Waals surface area contributed by atoms with E-state index in [0.717, 1.165) is 36.0 Å². The van der Waals surface area contributed by atoms with Crippen LogP contribution in [-0.2, 0) is 0 Å². The van der Waals surface area contributed by atoms with E-state index in [1.807, 2.05) is 0 Å². The molecule has 1 aromatic heterocycles. The minimum atomic E-state index is -0.120. The number of aliphatic hydroxyl groups is 1. The Morgan fingerprint density at radius 1 is 1.50 bits per heavy atom. The van der Waals surface area contributed by atoms with E-state index >= 15 is 0 Å². The fourth-order valence-electron chi connectivity index (χ4n) is 2.12. The number of nitrogen functional groups attached to an aromatic ring is 1. The molecule has 0 aromatic carbocycles. The first-order valence-electron chi connectivity index (χ1n) is 5.47. The monoisotopic (exact) mass is 285 g/mol. The Labute approximate surface area is 103 Å². The molecule has 2 atom stereocenters. The van der Waals surface area contributed by atoms with Gasteiger partial charge in [0, 0.05) is 12.7 Å². The lowest BCUT2D eigenvalue weighted by atomic mass is 10.1. The molecule has 1 aliphatic carbocycles. The molecule has 5 heteroatoms. The van der Waals surface area contributed by atoms with Crippen molar-refractivity contribution >= 4 is 27.3 Å². The Kier molecular flexibility index (Phi) is 3.66. The summed E-state index contributed by atoms with van der Waals surface area (Å²) >= 11 is 3.41. The average molecular weight is 286 g/mol. The van der Waals surface area contributed by atoms with E-state index in [1.54, 1.807) is 12.4 Å². The van der Waals surface area contributed by atoms with E-state index in [4.69, 9.17) is 5.73 Å². The average Bonchev–Trinajstić information content (AvgIpc) is 2.63. The van der Waals surface area contributed by atoms with Gasteiger partial charge < -0.3 is 16.2 Å². The minimum absolute atomic E-state index is 0.120. The number of pyridine rings is 1. The maximum Gasteiger partial charge on any atom is 0.0750 e. The molecule has 88 valence electrons. The van der Waals surface area contributed by atoms with Gasteiger partial charge in [0.05, 0.1) is 28.1 Å². The number of aromatic nitrogens is 1. The predicted octanol–water partition coefficient (Wildman–Crippen LogP) is 2.00. The Hall–Kier alpha value is -0.810. The van der Waals surface area contributed by atoms with Gasteiger partial charge >= 0.3 is 0 Å². The molecule has 2 rings (SSSR count). The molecule has 4 nitrogen and oxygen atoms in total. The van der Waals surface area contributed by atoms with Crippen LogP contribution in [0.3, 0.4) is 0 Å². The summed E-state index contributed by atoms with van der Waals surface area (Å²) in [4.78, 5) is 3.98. The number of aliphatic hydroxyl groups excluding tert-OH is 1. The molecule has 0 radical (unpaired) electrons. The van der Waals surface area contributed by atoms with Crippen LogP contribution in [0.5, 0.6) is 0 Å². The lowest BCUT2D eigenvalue weighted by molar-refractivity contribution is 0.178. The number of nitrogens with zero attached hydrogens (tertiary/aromatic N) is 1. The zero-order valence-corrected chi connectivity index (χ0v) is 10.6. The smallest absolute Gasteiger partial charge is 0.0750 e. The number of anilines is 2. The van der Waals surface area contributed by atoms with Crippen molar-refractivity contribution < 1.29 is 5.11 Å². The molecule has 16 heavy (non-hydrogen) atoms. The van der Waals surface area contributed by atoms with E-state index in [2.05, 4.69) is 26.2 Å². The van der Waals surface area contributed by atoms with Crippen molar-refractivity contribution in [3.8, 4) is 0 Å². The second-order valence-corrected chi connectivity index (χ2v) is 5.15. The van der Waals surface area contributed by atoms with Crippen LogP contribution >= 0.6 is 15.9 Å². The fourth-order valence-corrected chi connectivity index (χ4v) is 2.60. The van der Waals surface area contributed by atoms with Crippen LogP contribution in [0.4, 0.5) is 11.4 Å². The Bertz CT molecular complexity index is 352. The molecular weight excluding hydrogens is 270 g/mol. The number of rotatable bonds is 3. The van der Waals surface area contributed by atoms with Gasteiger partial charge in [-0.25, -0.2) is 0 Å². The van der Waals surface area contributed by atoms with Crippen LogP contribution in [0.25, 0.3) is 0 Å². The van der Waals surface area contributed by atoms with Gasteiger partial charge in [-0.05, 0) is 41.1 Å². The zero-order chi connectivity index (χ0) is 11.5. The van der Waals surface area contributed by atoms with Crippen LogP contribution < -0.4 is 11.1 Å². The number of hydrogen-bond acceptors (Lipinski definition) is 4. The van der Waals surface area contributed by atoms with E-state index in [-0.39, 0.29) is 6.10 Å². The van der Waals surface area contributed by atoms with Gasteiger partial charge in [-0.3, -0.25) is 4.98 Å². The standard InChI is InChI=1S/C11H16BrN3O/c12-9-5-14-6-10(13)11(9)15-4-7-1-2-8(16)3-7/h5-8,16H,1-4,13H2,(H,14,15). The van der Waals surface area contributed by atoms with Crippen molar-refractivity contribution in [2.75, 3.05) is 17.6 Å². The second-order valence-electron chi connectivity index (χ2n) is 4.30. The SMILES string of the molecule is Nc1cncc(Br)c1NCC1CCC(O)C1. The Balaban J connectivity index is 1.94. The van der Waals surface area contributed by atoms with Gasteiger partial charge in [0.25, 0.3) is 0 Å². The molecule has 1 aromatic rings. The van der Waals surface area contributed by atoms with Crippen molar-refractivity contribution in [1.82, 2.24) is 4.98 Å². The molecule has 1 aliphatic rings. The molecule has 1 saturated carbocycles. The van der Waals surface area contributed by atoms with Gasteiger partial charge in [0.15, 0.2) is 0 Å². The maximum atomic E-state index is 9.43. The Morgan fingerprint density at radius 3 is 2.94 bits per heavy atom. The largest absolute Gasteiger partial charge is 0.396 e. The highest BCUT2D eigenvalue weighted by Crippen LogP contribution is 2.30. The van der Waals surface area contributed by atoms with Gasteiger partial charge in [0.1, 0.15) is 0 Å². The minimum Gasteiger partial charge on any atom is -0.396 e. The second kappa shape index (κ2) is 5.01. The molecule has 4 N–H and O–H groups in total. The van der Waals surface area contributed by atoms with Crippen LogP contribution in [-0.4, -0.2) is 22.7 Å². The van der Waals surface area contributed by atoms with Crippen molar-refractivity contribution in [2.24, 2.45) is 5.92 Å². The van der Waals surface area contributed by atoms with Crippen molar-refractivity contribution in [3.05, 3.63) is 16.9 Å². The summed E-state index contributed by atoms with van der Waals surface area (Å²) in [6.45, 7) is 0.851. The summed E-state index contributed by atoms with van der Waals surface area (Å²) in [7, 11) is 0. The summed E-state index contributed by atoms with van der Waals surface area (Å²) in [6.07, 6.45) is 6.12. The van der Waals surface area contributed by atoms with Gasteiger partial charge in [-0.1, -0.05) is 0 Å². The summed E-state index contributed by atoms with van der Waals surface area (Å²) in [5.41, 5.74) is 7.37. The normalized spacial score (nSPS) is 24.6. The molecule has 2 unspecified atom stereocenters. The molecule has 1 heterocycles. The molecule has 0 amide bonds. The van der Waals surface area contributed by atoms with Crippen LogP contribution in [0.2, 0.25) is 0 Å². The zero-order valence-electron chi connectivity index (χ0n) is 8.99. The topological polar surface area (TPSA) is 71.2 Å². The molecule has 0 spiro atoms. The molecule has 0 aliphatic heterocycles. The Morgan fingerprint density at radius 2 is 2.31 bits per heavy atom. The number of nitrogens with two attached hydrogens (primary N) is 1. The van der Waals surface area contributed by atoms with Crippen LogP contribution in [0.1, 0.15) is 19.3 Å². The highest BCUT2D eigenvalue weighted by molar-refractivity contribution is 9.10. The lowest BCUT2D eigenvalue weighted by Gasteiger charge is -2.14. The summed E-state index contributed by atoms with van der Waals surface area (Å²) in [5, 5.41) is 12.8. The number of nitrogens with one attached hydrogen (secondary N) is 1. The van der Waals surface area contributed by atoms with Crippen LogP contribution in [0, 0.1) is 5.92 Å². The lowest BCUT2D eigenvalue weighted by Crippen LogP contribution is -2.14. The number of halogens is 1. The van der Waals surface area contributed by atoms with Gasteiger partial charge in [0.2, 0.25) is 0 Å². The van der Waals surface area contributed by atoms with Gasteiger partial charge in [-0.15, -0.1) is 0 Å². The van der Waals surface area contributed by atoms with Crippen molar-refractivity contribution in [3.63, 3.8) is 0 Å².